The third-order valence-electron chi connectivity index (χ3n) is 3.15. The molecule has 1 saturated carbocycles. The van der Waals surface area contributed by atoms with Gasteiger partial charge in [0.05, 0.1) is 12.0 Å². The van der Waals surface area contributed by atoms with E-state index in [1.807, 2.05) is 11.6 Å². The van der Waals surface area contributed by atoms with Crippen LogP contribution < -0.4 is 0 Å². The number of nitrogens with zero attached hydrogens (tertiary/aromatic N) is 4. The first-order chi connectivity index (χ1) is 7.70. The molecule has 4 nitrogen and oxygen atoms in total. The Balaban J connectivity index is 2.07. The lowest BCUT2D eigenvalue weighted by molar-refractivity contribution is 0.345. The first kappa shape index (κ1) is 11.5. The Kier molecular flexibility index (Phi) is 3.49. The average molecular weight is 236 g/mol. The smallest absolute Gasteiger partial charge is 0.191 e. The largest absolute Gasteiger partial charge is 0.312 e. The second kappa shape index (κ2) is 4.88. The monoisotopic (exact) mass is 236 g/mol. The van der Waals surface area contributed by atoms with Crippen LogP contribution in [0.3, 0.4) is 0 Å². The van der Waals surface area contributed by atoms with Gasteiger partial charge >= 0.3 is 0 Å². The van der Waals surface area contributed by atoms with Gasteiger partial charge in [-0.15, -0.1) is 10.2 Å². The van der Waals surface area contributed by atoms with Crippen LogP contribution in [0.2, 0.25) is 0 Å². The number of aromatic nitrogens is 3. The molecule has 3 atom stereocenters. The molecule has 1 aromatic heterocycles. The zero-order chi connectivity index (χ0) is 11.5. The predicted octanol–water partition coefficient (Wildman–Crippen LogP) is 2.24. The number of hydrogen-bond acceptors (Lipinski definition) is 4. The van der Waals surface area contributed by atoms with Crippen LogP contribution in [0, 0.1) is 23.2 Å². The molecule has 1 heterocycles. The Morgan fingerprint density at radius 1 is 1.56 bits per heavy atom. The van der Waals surface area contributed by atoms with Gasteiger partial charge in [-0.3, -0.25) is 0 Å². The number of rotatable bonds is 2. The topological polar surface area (TPSA) is 54.5 Å². The van der Waals surface area contributed by atoms with Gasteiger partial charge in [-0.2, -0.15) is 5.26 Å². The molecular weight excluding hydrogens is 220 g/mol. The van der Waals surface area contributed by atoms with E-state index in [0.717, 1.165) is 23.9 Å². The van der Waals surface area contributed by atoms with Crippen molar-refractivity contribution >= 4 is 11.8 Å². The van der Waals surface area contributed by atoms with Crippen molar-refractivity contribution in [2.45, 2.75) is 36.6 Å². The van der Waals surface area contributed by atoms with Crippen molar-refractivity contribution < 1.29 is 0 Å². The van der Waals surface area contributed by atoms with E-state index < -0.39 is 0 Å². The fraction of sp³-hybridized carbons (Fsp3) is 0.727. The van der Waals surface area contributed by atoms with E-state index in [0.29, 0.717) is 5.25 Å². The van der Waals surface area contributed by atoms with Gasteiger partial charge in [0, 0.05) is 12.3 Å². The first-order valence-electron chi connectivity index (χ1n) is 5.61. The molecular formula is C11H16N4S. The molecule has 0 bridgehead atoms. The second-order valence-corrected chi connectivity index (χ2v) is 5.74. The van der Waals surface area contributed by atoms with Gasteiger partial charge in [0.15, 0.2) is 5.16 Å². The first-order valence-corrected chi connectivity index (χ1v) is 6.49. The van der Waals surface area contributed by atoms with Crippen molar-refractivity contribution in [2.75, 3.05) is 0 Å². The van der Waals surface area contributed by atoms with Crippen molar-refractivity contribution in [3.8, 4) is 6.07 Å². The van der Waals surface area contributed by atoms with Gasteiger partial charge in [0.2, 0.25) is 0 Å². The maximum absolute atomic E-state index is 9.14. The SMILES string of the molecule is CC1CCC(C#N)C(Sc2nncn2C)C1. The van der Waals surface area contributed by atoms with Crippen LogP contribution in [0.1, 0.15) is 26.2 Å². The minimum absolute atomic E-state index is 0.165. The number of aryl methyl sites for hydroxylation is 1. The zero-order valence-corrected chi connectivity index (χ0v) is 10.4. The molecule has 2 rings (SSSR count). The molecule has 1 aliphatic rings. The van der Waals surface area contributed by atoms with Crippen LogP contribution >= 0.6 is 11.8 Å². The summed E-state index contributed by atoms with van der Waals surface area (Å²) in [4.78, 5) is 0. The minimum atomic E-state index is 0.165. The molecule has 0 saturated heterocycles. The molecule has 0 aromatic carbocycles. The molecule has 16 heavy (non-hydrogen) atoms. The highest BCUT2D eigenvalue weighted by Crippen LogP contribution is 2.38. The lowest BCUT2D eigenvalue weighted by Gasteiger charge is -2.29. The molecule has 3 unspecified atom stereocenters. The van der Waals surface area contributed by atoms with Crippen LogP contribution in [0.5, 0.6) is 0 Å². The molecule has 5 heteroatoms. The molecule has 0 radical (unpaired) electrons. The van der Waals surface area contributed by atoms with Crippen molar-refractivity contribution in [1.29, 1.82) is 5.26 Å². The van der Waals surface area contributed by atoms with E-state index >= 15 is 0 Å². The maximum atomic E-state index is 9.14. The third kappa shape index (κ3) is 2.38. The molecule has 86 valence electrons. The summed E-state index contributed by atoms with van der Waals surface area (Å²) in [6, 6.07) is 2.43. The minimum Gasteiger partial charge on any atom is -0.312 e. The summed E-state index contributed by atoms with van der Waals surface area (Å²) in [5.74, 6) is 0.883. The van der Waals surface area contributed by atoms with Gasteiger partial charge in [-0.25, -0.2) is 0 Å². The van der Waals surface area contributed by atoms with Crippen LogP contribution in [0.4, 0.5) is 0 Å². The van der Waals surface area contributed by atoms with Crippen molar-refractivity contribution in [2.24, 2.45) is 18.9 Å². The normalized spacial score (nSPS) is 29.9. The van der Waals surface area contributed by atoms with Gasteiger partial charge < -0.3 is 4.57 Å². The van der Waals surface area contributed by atoms with Crippen molar-refractivity contribution in [3.05, 3.63) is 6.33 Å². The van der Waals surface area contributed by atoms with Crippen LogP contribution in [0.15, 0.2) is 11.5 Å². The van der Waals surface area contributed by atoms with Crippen molar-refractivity contribution in [1.82, 2.24) is 14.8 Å². The lowest BCUT2D eigenvalue weighted by atomic mass is 9.83. The summed E-state index contributed by atoms with van der Waals surface area (Å²) >= 11 is 1.70. The van der Waals surface area contributed by atoms with E-state index in [9.17, 15) is 0 Å². The Morgan fingerprint density at radius 2 is 2.38 bits per heavy atom. The average Bonchev–Trinajstić information content (AvgIpc) is 2.65. The number of nitriles is 1. The molecule has 0 aliphatic heterocycles. The van der Waals surface area contributed by atoms with E-state index in [2.05, 4.69) is 23.2 Å². The molecule has 1 aromatic rings. The Bertz CT molecular complexity index is 395. The van der Waals surface area contributed by atoms with Gasteiger partial charge in [0.25, 0.3) is 0 Å². The fourth-order valence-electron chi connectivity index (χ4n) is 2.12. The highest BCUT2D eigenvalue weighted by molar-refractivity contribution is 7.99. The van der Waals surface area contributed by atoms with Crippen molar-refractivity contribution in [3.63, 3.8) is 0 Å². The maximum Gasteiger partial charge on any atom is 0.191 e. The van der Waals surface area contributed by atoms with Gasteiger partial charge in [-0.05, 0) is 25.2 Å². The summed E-state index contributed by atoms with van der Waals surface area (Å²) in [5, 5.41) is 18.4. The third-order valence-corrected chi connectivity index (χ3v) is 4.55. The number of hydrogen-bond donors (Lipinski definition) is 0. The quantitative estimate of drug-likeness (QED) is 0.790. The fourth-order valence-corrected chi connectivity index (χ4v) is 3.49. The molecule has 1 aliphatic carbocycles. The molecule has 0 amide bonds. The Morgan fingerprint density at radius 3 is 3.00 bits per heavy atom. The summed E-state index contributed by atoms with van der Waals surface area (Å²) in [7, 11) is 1.94. The van der Waals surface area contributed by atoms with E-state index in [4.69, 9.17) is 5.26 Å². The van der Waals surface area contributed by atoms with Gasteiger partial charge in [-0.1, -0.05) is 18.7 Å². The zero-order valence-electron chi connectivity index (χ0n) is 9.63. The lowest BCUT2D eigenvalue weighted by Crippen LogP contribution is -2.25. The Labute approximate surface area is 100 Å². The Hall–Kier alpha value is -1.02. The van der Waals surface area contributed by atoms with E-state index in [1.165, 1.54) is 6.42 Å². The summed E-state index contributed by atoms with van der Waals surface area (Å²) < 4.78 is 1.92. The summed E-state index contributed by atoms with van der Waals surface area (Å²) in [6.07, 6.45) is 5.01. The molecule has 1 fully saturated rings. The second-order valence-electron chi connectivity index (χ2n) is 4.53. The predicted molar refractivity (Wildman–Crippen MR) is 62.8 cm³/mol. The molecule has 0 spiro atoms. The van der Waals surface area contributed by atoms with Crippen LogP contribution in [-0.2, 0) is 7.05 Å². The highest BCUT2D eigenvalue weighted by Gasteiger charge is 2.30. The molecule has 0 N–H and O–H groups in total. The van der Waals surface area contributed by atoms with Crippen LogP contribution in [0.25, 0.3) is 0 Å². The van der Waals surface area contributed by atoms with E-state index in [-0.39, 0.29) is 5.92 Å². The highest BCUT2D eigenvalue weighted by atomic mass is 32.2. The standard InChI is InChI=1S/C11H16N4S/c1-8-3-4-9(6-12)10(5-8)16-11-14-13-7-15(11)2/h7-10H,3-5H2,1-2H3. The summed E-state index contributed by atoms with van der Waals surface area (Å²) in [5.41, 5.74) is 0. The van der Waals surface area contributed by atoms with Crippen LogP contribution in [-0.4, -0.2) is 20.0 Å². The summed E-state index contributed by atoms with van der Waals surface area (Å²) in [6.45, 7) is 2.26. The van der Waals surface area contributed by atoms with Gasteiger partial charge in [0.1, 0.15) is 6.33 Å². The van der Waals surface area contributed by atoms with E-state index in [1.54, 1.807) is 18.1 Å². The number of thioether (sulfide) groups is 1.